The molecule has 0 spiro atoms. The van der Waals surface area contributed by atoms with E-state index < -0.39 is 11.7 Å². The summed E-state index contributed by atoms with van der Waals surface area (Å²) in [6.45, 7) is 0. The summed E-state index contributed by atoms with van der Waals surface area (Å²) in [7, 11) is 0. The van der Waals surface area contributed by atoms with E-state index >= 15 is 8.78 Å². The van der Waals surface area contributed by atoms with E-state index in [1.54, 1.807) is 24.3 Å². The molecule has 0 amide bonds. The van der Waals surface area contributed by atoms with Gasteiger partial charge in [0, 0.05) is 11.1 Å². The largest absolute Gasteiger partial charge is 0.298 e. The summed E-state index contributed by atoms with van der Waals surface area (Å²) in [5, 5.41) is 20.5. The molecule has 0 unspecified atom stereocenters. The van der Waals surface area contributed by atoms with Gasteiger partial charge in [-0.3, -0.25) is 10.8 Å². The fourth-order valence-corrected chi connectivity index (χ4v) is 3.92. The van der Waals surface area contributed by atoms with Crippen molar-refractivity contribution in [2.24, 2.45) is 0 Å². The molecule has 4 aromatic carbocycles. The zero-order valence-electron chi connectivity index (χ0n) is 15.8. The Hall–Kier alpha value is -3.92. The number of fused-ring (bicyclic) bond motifs is 2. The Labute approximate surface area is 171 Å². The third kappa shape index (κ3) is 2.77. The fraction of sp³-hybridized carbons (Fsp3) is 0. The van der Waals surface area contributed by atoms with E-state index in [0.29, 0.717) is 11.1 Å². The Morgan fingerprint density at radius 1 is 0.467 bits per heavy atom. The zero-order valence-corrected chi connectivity index (χ0v) is 15.8. The van der Waals surface area contributed by atoms with E-state index in [2.05, 4.69) is 0 Å². The maximum atomic E-state index is 15.2. The highest BCUT2D eigenvalue weighted by Gasteiger charge is 2.32. The molecule has 5 rings (SSSR count). The molecule has 144 valence electrons. The number of nitrogens with one attached hydrogen (secondary N) is 2. The highest BCUT2D eigenvalue weighted by atomic mass is 19.2. The van der Waals surface area contributed by atoms with Gasteiger partial charge in [-0.15, -0.1) is 0 Å². The SMILES string of the molecule is N=C1C(=N)C(c2ccc3ccccc3c2)=C(F)C(F)=C1c1ccc2ccccc2c1. The molecule has 0 aliphatic heterocycles. The Kier molecular flexibility index (Phi) is 4.14. The van der Waals surface area contributed by atoms with Gasteiger partial charge < -0.3 is 0 Å². The highest BCUT2D eigenvalue weighted by molar-refractivity contribution is 6.68. The normalized spacial score (nSPS) is 14.9. The van der Waals surface area contributed by atoms with Gasteiger partial charge in [0.2, 0.25) is 0 Å². The molecule has 4 aromatic rings. The van der Waals surface area contributed by atoms with Crippen LogP contribution in [-0.4, -0.2) is 11.4 Å². The van der Waals surface area contributed by atoms with Crippen LogP contribution in [0.2, 0.25) is 0 Å². The first kappa shape index (κ1) is 18.1. The van der Waals surface area contributed by atoms with Crippen molar-refractivity contribution in [1.82, 2.24) is 0 Å². The molecule has 0 radical (unpaired) electrons. The first-order chi connectivity index (χ1) is 14.5. The summed E-state index contributed by atoms with van der Waals surface area (Å²) in [5.41, 5.74) is -0.261. The first-order valence-corrected chi connectivity index (χ1v) is 9.51. The summed E-state index contributed by atoms with van der Waals surface area (Å²) in [6, 6.07) is 25.5. The highest BCUT2D eigenvalue weighted by Crippen LogP contribution is 2.39. The van der Waals surface area contributed by atoms with E-state index in [4.69, 9.17) is 10.8 Å². The number of benzene rings is 4. The van der Waals surface area contributed by atoms with Crippen molar-refractivity contribution in [2.75, 3.05) is 0 Å². The summed E-state index contributed by atoms with van der Waals surface area (Å²) in [6.07, 6.45) is 0. The van der Waals surface area contributed by atoms with Gasteiger partial charge in [0.1, 0.15) is 0 Å². The summed E-state index contributed by atoms with van der Waals surface area (Å²) in [4.78, 5) is 0. The summed E-state index contributed by atoms with van der Waals surface area (Å²) < 4.78 is 30.4. The van der Waals surface area contributed by atoms with Gasteiger partial charge in [0.15, 0.2) is 11.7 Å². The van der Waals surface area contributed by atoms with E-state index in [0.717, 1.165) is 21.5 Å². The molecule has 2 nitrogen and oxygen atoms in total. The summed E-state index contributed by atoms with van der Waals surface area (Å²) in [5.74, 6) is -2.20. The molecule has 4 heteroatoms. The van der Waals surface area contributed by atoms with Crippen LogP contribution in [0.1, 0.15) is 11.1 Å². The van der Waals surface area contributed by atoms with E-state index in [1.165, 1.54) is 0 Å². The van der Waals surface area contributed by atoms with Gasteiger partial charge in [-0.05, 0) is 44.8 Å². The van der Waals surface area contributed by atoms with Crippen molar-refractivity contribution in [1.29, 1.82) is 10.8 Å². The van der Waals surface area contributed by atoms with E-state index in [1.807, 2.05) is 60.7 Å². The van der Waals surface area contributed by atoms with Crippen molar-refractivity contribution >= 4 is 44.1 Å². The maximum Gasteiger partial charge on any atom is 0.169 e. The Bertz CT molecular complexity index is 1330. The molecule has 0 saturated heterocycles. The molecule has 30 heavy (non-hydrogen) atoms. The van der Waals surface area contributed by atoms with Crippen molar-refractivity contribution in [2.45, 2.75) is 0 Å². The standard InChI is InChI=1S/C26H16F2N2/c27-23-21(19-11-9-15-5-1-3-7-17(15)13-19)25(29)26(30)22(24(23)28)20-12-10-16-6-2-4-8-18(16)14-20/h1-14,29-30H. The quantitative estimate of drug-likeness (QED) is 0.341. The monoisotopic (exact) mass is 394 g/mol. The minimum Gasteiger partial charge on any atom is -0.298 e. The maximum absolute atomic E-state index is 15.2. The van der Waals surface area contributed by atoms with E-state index in [-0.39, 0.29) is 22.6 Å². The number of rotatable bonds is 2. The van der Waals surface area contributed by atoms with Gasteiger partial charge in [-0.25, -0.2) is 8.78 Å². The minimum atomic E-state index is -1.10. The van der Waals surface area contributed by atoms with Gasteiger partial charge >= 0.3 is 0 Å². The van der Waals surface area contributed by atoms with E-state index in [9.17, 15) is 0 Å². The van der Waals surface area contributed by atoms with Crippen molar-refractivity contribution in [3.63, 3.8) is 0 Å². The molecular weight excluding hydrogens is 378 g/mol. The average molecular weight is 394 g/mol. The molecule has 0 fully saturated rings. The van der Waals surface area contributed by atoms with Crippen LogP contribution in [0.15, 0.2) is 96.6 Å². The van der Waals surface area contributed by atoms with Crippen LogP contribution in [0.25, 0.3) is 32.7 Å². The second-order valence-electron chi connectivity index (χ2n) is 7.25. The molecule has 0 atom stereocenters. The lowest BCUT2D eigenvalue weighted by molar-refractivity contribution is 0.551. The van der Waals surface area contributed by atoms with Crippen LogP contribution in [0.3, 0.4) is 0 Å². The van der Waals surface area contributed by atoms with Crippen LogP contribution in [0.5, 0.6) is 0 Å². The first-order valence-electron chi connectivity index (χ1n) is 9.51. The lowest BCUT2D eigenvalue weighted by Gasteiger charge is -2.21. The molecule has 2 N–H and O–H groups in total. The third-order valence-electron chi connectivity index (χ3n) is 5.46. The molecular formula is C26H16F2N2. The zero-order chi connectivity index (χ0) is 20.8. The second kappa shape index (κ2) is 6.85. The Morgan fingerprint density at radius 2 is 0.833 bits per heavy atom. The van der Waals surface area contributed by atoms with Crippen molar-refractivity contribution in [3.05, 3.63) is 108 Å². The second-order valence-corrected chi connectivity index (χ2v) is 7.25. The van der Waals surface area contributed by atoms with Crippen LogP contribution < -0.4 is 0 Å². The topological polar surface area (TPSA) is 47.7 Å². The van der Waals surface area contributed by atoms with Gasteiger partial charge in [0.05, 0.1) is 11.4 Å². The molecule has 0 aromatic heterocycles. The smallest absolute Gasteiger partial charge is 0.169 e. The minimum absolute atomic E-state index is 0.187. The van der Waals surface area contributed by atoms with Crippen LogP contribution in [0, 0.1) is 10.8 Å². The molecule has 1 aliphatic rings. The molecule has 1 aliphatic carbocycles. The number of hydrogen-bond donors (Lipinski definition) is 2. The van der Waals surface area contributed by atoms with Crippen molar-refractivity contribution in [3.8, 4) is 0 Å². The fourth-order valence-electron chi connectivity index (χ4n) is 3.92. The predicted molar refractivity (Wildman–Crippen MR) is 119 cm³/mol. The average Bonchev–Trinajstić information content (AvgIpc) is 2.78. The Balaban J connectivity index is 1.70. The van der Waals surface area contributed by atoms with Gasteiger partial charge in [-0.1, -0.05) is 72.8 Å². The summed E-state index contributed by atoms with van der Waals surface area (Å²) >= 11 is 0. The lowest BCUT2D eigenvalue weighted by atomic mass is 9.84. The van der Waals surface area contributed by atoms with Gasteiger partial charge in [0.25, 0.3) is 0 Å². The Morgan fingerprint density at radius 3 is 1.23 bits per heavy atom. The van der Waals surface area contributed by atoms with Crippen LogP contribution >= 0.6 is 0 Å². The third-order valence-corrected chi connectivity index (χ3v) is 5.46. The molecule has 0 bridgehead atoms. The number of halogens is 2. The molecule has 0 saturated carbocycles. The van der Waals surface area contributed by atoms with Gasteiger partial charge in [-0.2, -0.15) is 0 Å². The van der Waals surface area contributed by atoms with Crippen LogP contribution in [0.4, 0.5) is 8.78 Å². The predicted octanol–water partition coefficient (Wildman–Crippen LogP) is 7.11. The lowest BCUT2D eigenvalue weighted by Crippen LogP contribution is -2.22. The number of allylic oxidation sites excluding steroid dienone is 4. The number of hydrogen-bond acceptors (Lipinski definition) is 2. The molecule has 0 heterocycles. The van der Waals surface area contributed by atoms with Crippen LogP contribution in [-0.2, 0) is 0 Å². The van der Waals surface area contributed by atoms with Crippen molar-refractivity contribution < 1.29 is 8.78 Å².